The predicted molar refractivity (Wildman–Crippen MR) is 156 cm³/mol. The summed E-state index contributed by atoms with van der Waals surface area (Å²) in [6, 6.07) is 21.9. The number of nitrogens with zero attached hydrogens (tertiary/aromatic N) is 1. The van der Waals surface area contributed by atoms with Crippen LogP contribution in [0.25, 0.3) is 0 Å². The van der Waals surface area contributed by atoms with E-state index in [2.05, 4.69) is 5.32 Å². The summed E-state index contributed by atoms with van der Waals surface area (Å²) in [4.78, 5) is 28.8. The molecule has 0 saturated heterocycles. The van der Waals surface area contributed by atoms with Gasteiger partial charge in [-0.1, -0.05) is 97.2 Å². The first-order valence-electron chi connectivity index (χ1n) is 12.1. The van der Waals surface area contributed by atoms with Crippen LogP contribution in [-0.4, -0.2) is 35.1 Å². The molecule has 0 radical (unpaired) electrons. The molecule has 0 fully saturated rings. The molecule has 3 aromatic rings. The van der Waals surface area contributed by atoms with Crippen molar-refractivity contribution >= 4 is 58.4 Å². The number of hydrogen-bond acceptors (Lipinski definition) is 3. The number of rotatable bonds is 12. The van der Waals surface area contributed by atoms with Crippen molar-refractivity contribution in [3.05, 3.63) is 105 Å². The standard InChI is InChI=1S/C29H31Cl3N2O2S/c1-20(2)16-33-29(36)27(15-21-6-4-3-5-7-21)34(17-23-10-13-25(31)26(32)14-23)28(35)19-37-18-22-8-11-24(30)12-9-22/h3-14,20,27H,15-19H2,1-2H3,(H,33,36). The Hall–Kier alpha value is -2.18. The minimum atomic E-state index is -0.681. The maximum Gasteiger partial charge on any atom is 0.243 e. The second kappa shape index (κ2) is 14.7. The van der Waals surface area contributed by atoms with E-state index in [4.69, 9.17) is 34.8 Å². The topological polar surface area (TPSA) is 49.4 Å². The lowest BCUT2D eigenvalue weighted by molar-refractivity contribution is -0.139. The van der Waals surface area contributed by atoms with Gasteiger partial charge in [0.2, 0.25) is 11.8 Å². The summed E-state index contributed by atoms with van der Waals surface area (Å²) in [6.45, 7) is 4.85. The molecule has 2 amide bonds. The molecule has 3 aromatic carbocycles. The third-order valence-electron chi connectivity index (χ3n) is 5.70. The average molecular weight is 578 g/mol. The van der Waals surface area contributed by atoms with Gasteiger partial charge >= 0.3 is 0 Å². The summed E-state index contributed by atoms with van der Waals surface area (Å²) < 4.78 is 0. The van der Waals surface area contributed by atoms with Crippen molar-refractivity contribution in [2.75, 3.05) is 12.3 Å². The lowest BCUT2D eigenvalue weighted by Gasteiger charge is -2.32. The van der Waals surface area contributed by atoms with Crippen molar-refractivity contribution in [3.63, 3.8) is 0 Å². The van der Waals surface area contributed by atoms with Gasteiger partial charge in [0, 0.05) is 30.3 Å². The van der Waals surface area contributed by atoms with Crippen molar-refractivity contribution in [1.29, 1.82) is 0 Å². The van der Waals surface area contributed by atoms with E-state index in [1.807, 2.05) is 74.5 Å². The predicted octanol–water partition coefficient (Wildman–Crippen LogP) is 7.29. The molecule has 3 rings (SSSR count). The monoisotopic (exact) mass is 576 g/mol. The van der Waals surface area contributed by atoms with E-state index in [9.17, 15) is 9.59 Å². The second-order valence-corrected chi connectivity index (χ2v) is 11.5. The number of halogens is 3. The maximum absolute atomic E-state index is 13.7. The quantitative estimate of drug-likeness (QED) is 0.246. The first kappa shape index (κ1) is 29.4. The molecule has 1 N–H and O–H groups in total. The fraction of sp³-hybridized carbons (Fsp3) is 0.310. The van der Waals surface area contributed by atoms with Gasteiger partial charge in [-0.2, -0.15) is 0 Å². The van der Waals surface area contributed by atoms with Gasteiger partial charge in [-0.15, -0.1) is 11.8 Å². The molecule has 0 aliphatic carbocycles. The van der Waals surface area contributed by atoms with E-state index in [-0.39, 0.29) is 30.0 Å². The second-order valence-electron chi connectivity index (χ2n) is 9.23. The zero-order valence-corrected chi connectivity index (χ0v) is 24.0. The maximum atomic E-state index is 13.7. The molecule has 1 unspecified atom stereocenters. The number of nitrogens with one attached hydrogen (secondary N) is 1. The Morgan fingerprint density at radius 2 is 1.54 bits per heavy atom. The van der Waals surface area contributed by atoms with Crippen LogP contribution in [0.15, 0.2) is 72.8 Å². The highest BCUT2D eigenvalue weighted by atomic mass is 35.5. The Kier molecular flexibility index (Phi) is 11.7. The Labute approximate surface area is 238 Å². The van der Waals surface area contributed by atoms with Crippen molar-refractivity contribution in [3.8, 4) is 0 Å². The molecule has 0 bridgehead atoms. The van der Waals surface area contributed by atoms with Crippen LogP contribution in [0.4, 0.5) is 0 Å². The number of carbonyl (C=O) groups excluding carboxylic acids is 2. The highest BCUT2D eigenvalue weighted by molar-refractivity contribution is 7.99. The number of benzene rings is 3. The van der Waals surface area contributed by atoms with E-state index in [1.54, 1.807) is 17.0 Å². The Balaban J connectivity index is 1.86. The summed E-state index contributed by atoms with van der Waals surface area (Å²) in [5, 5.41) is 4.56. The van der Waals surface area contributed by atoms with Crippen LogP contribution in [0.2, 0.25) is 15.1 Å². The van der Waals surface area contributed by atoms with Crippen molar-refractivity contribution in [2.45, 2.75) is 38.6 Å². The van der Waals surface area contributed by atoms with Gasteiger partial charge in [0.25, 0.3) is 0 Å². The third-order valence-corrected chi connectivity index (χ3v) is 7.68. The molecule has 37 heavy (non-hydrogen) atoms. The van der Waals surface area contributed by atoms with Crippen LogP contribution in [-0.2, 0) is 28.3 Å². The Morgan fingerprint density at radius 1 is 0.865 bits per heavy atom. The number of thioether (sulfide) groups is 1. The molecular formula is C29H31Cl3N2O2S. The van der Waals surface area contributed by atoms with Crippen LogP contribution in [0.5, 0.6) is 0 Å². The molecule has 0 spiro atoms. The van der Waals surface area contributed by atoms with Crippen LogP contribution in [0, 0.1) is 5.92 Å². The molecule has 4 nitrogen and oxygen atoms in total. The zero-order valence-electron chi connectivity index (χ0n) is 20.9. The summed E-state index contributed by atoms with van der Waals surface area (Å²) in [7, 11) is 0. The largest absolute Gasteiger partial charge is 0.354 e. The van der Waals surface area contributed by atoms with Crippen LogP contribution < -0.4 is 5.32 Å². The Bertz CT molecular complexity index is 1170. The van der Waals surface area contributed by atoms with Gasteiger partial charge in [-0.3, -0.25) is 9.59 Å². The fourth-order valence-electron chi connectivity index (χ4n) is 3.73. The van der Waals surface area contributed by atoms with E-state index in [0.717, 1.165) is 16.7 Å². The lowest BCUT2D eigenvalue weighted by atomic mass is 10.0. The highest BCUT2D eigenvalue weighted by Crippen LogP contribution is 2.25. The fourth-order valence-corrected chi connectivity index (χ4v) is 5.05. The minimum absolute atomic E-state index is 0.120. The average Bonchev–Trinajstić information content (AvgIpc) is 2.88. The first-order chi connectivity index (χ1) is 17.7. The molecule has 0 aromatic heterocycles. The van der Waals surface area contributed by atoms with Gasteiger partial charge in [-0.25, -0.2) is 0 Å². The van der Waals surface area contributed by atoms with E-state index in [1.165, 1.54) is 11.8 Å². The van der Waals surface area contributed by atoms with E-state index in [0.29, 0.717) is 33.8 Å². The van der Waals surface area contributed by atoms with Crippen molar-refractivity contribution < 1.29 is 9.59 Å². The SMILES string of the molecule is CC(C)CNC(=O)C(Cc1ccccc1)N(Cc1ccc(Cl)c(Cl)c1)C(=O)CSCc1ccc(Cl)cc1. The van der Waals surface area contributed by atoms with Crippen LogP contribution >= 0.6 is 46.6 Å². The van der Waals surface area contributed by atoms with E-state index >= 15 is 0 Å². The number of amides is 2. The van der Waals surface area contributed by atoms with Gasteiger partial charge in [0.05, 0.1) is 15.8 Å². The first-order valence-corrected chi connectivity index (χ1v) is 14.4. The Morgan fingerprint density at radius 3 is 2.19 bits per heavy atom. The lowest BCUT2D eigenvalue weighted by Crippen LogP contribution is -2.51. The van der Waals surface area contributed by atoms with Gasteiger partial charge in [0.1, 0.15) is 6.04 Å². The molecule has 1 atom stereocenters. The highest BCUT2D eigenvalue weighted by Gasteiger charge is 2.30. The third kappa shape index (κ3) is 9.57. The molecule has 196 valence electrons. The van der Waals surface area contributed by atoms with Crippen molar-refractivity contribution in [2.24, 2.45) is 5.92 Å². The molecule has 8 heteroatoms. The van der Waals surface area contributed by atoms with Crippen LogP contribution in [0.3, 0.4) is 0 Å². The van der Waals surface area contributed by atoms with Crippen LogP contribution in [0.1, 0.15) is 30.5 Å². The van der Waals surface area contributed by atoms with Gasteiger partial charge < -0.3 is 10.2 Å². The van der Waals surface area contributed by atoms with Crippen molar-refractivity contribution in [1.82, 2.24) is 10.2 Å². The molecule has 0 heterocycles. The zero-order chi connectivity index (χ0) is 26.8. The summed E-state index contributed by atoms with van der Waals surface area (Å²) >= 11 is 19.9. The summed E-state index contributed by atoms with van der Waals surface area (Å²) in [5.41, 5.74) is 2.86. The molecule has 0 saturated carbocycles. The smallest absolute Gasteiger partial charge is 0.243 e. The normalized spacial score (nSPS) is 11.8. The molecule has 0 aliphatic heterocycles. The summed E-state index contributed by atoms with van der Waals surface area (Å²) in [5.74, 6) is 0.883. The van der Waals surface area contributed by atoms with E-state index < -0.39 is 6.04 Å². The molecular weight excluding hydrogens is 547 g/mol. The molecule has 0 aliphatic rings. The van der Waals surface area contributed by atoms with Gasteiger partial charge in [-0.05, 0) is 46.9 Å². The number of carbonyl (C=O) groups is 2. The number of hydrogen-bond donors (Lipinski definition) is 1. The minimum Gasteiger partial charge on any atom is -0.354 e. The van der Waals surface area contributed by atoms with Gasteiger partial charge in [0.15, 0.2) is 0 Å². The summed E-state index contributed by atoms with van der Waals surface area (Å²) in [6.07, 6.45) is 0.402.